The smallest absolute Gasteiger partial charge is 0.243 e. The second-order valence-electron chi connectivity index (χ2n) is 5.12. The molecule has 2 N–H and O–H groups in total. The molecular formula is C18H17BrN2O3. The molecule has 2 aromatic rings. The molecule has 5 nitrogen and oxygen atoms in total. The van der Waals surface area contributed by atoms with Gasteiger partial charge in [0.2, 0.25) is 11.8 Å². The van der Waals surface area contributed by atoms with Crippen molar-refractivity contribution < 1.29 is 14.4 Å². The fraction of sp³-hybridized carbons (Fsp3) is 0.167. The Morgan fingerprint density at radius 1 is 0.833 bits per heavy atom. The first-order chi connectivity index (χ1) is 11.5. The third-order valence-electron chi connectivity index (χ3n) is 3.25. The van der Waals surface area contributed by atoms with Gasteiger partial charge >= 0.3 is 0 Å². The number of hydrogen-bond donors (Lipinski definition) is 2. The highest BCUT2D eigenvalue weighted by Gasteiger charge is 2.10. The van der Waals surface area contributed by atoms with Crippen molar-refractivity contribution in [3.63, 3.8) is 0 Å². The first kappa shape index (κ1) is 17.9. The maximum absolute atomic E-state index is 12.0. The van der Waals surface area contributed by atoms with Gasteiger partial charge in [-0.3, -0.25) is 14.4 Å². The summed E-state index contributed by atoms with van der Waals surface area (Å²) in [5, 5.41) is 5.18. The minimum absolute atomic E-state index is 0.0491. The Morgan fingerprint density at radius 3 is 2.17 bits per heavy atom. The molecule has 0 atom stereocenters. The number of halogens is 1. The topological polar surface area (TPSA) is 75.3 Å². The molecule has 0 aliphatic carbocycles. The van der Waals surface area contributed by atoms with Crippen LogP contribution in [0.25, 0.3) is 0 Å². The van der Waals surface area contributed by atoms with Gasteiger partial charge in [-0.05, 0) is 24.3 Å². The second-order valence-corrected chi connectivity index (χ2v) is 6.04. The van der Waals surface area contributed by atoms with Crippen LogP contribution in [0, 0.1) is 0 Å². The summed E-state index contributed by atoms with van der Waals surface area (Å²) in [6.07, 6.45) is 0.154. The quantitative estimate of drug-likeness (QED) is 0.715. The zero-order valence-electron chi connectivity index (χ0n) is 12.9. The number of rotatable bonds is 7. The van der Waals surface area contributed by atoms with Crippen molar-refractivity contribution in [2.45, 2.75) is 12.8 Å². The molecule has 0 saturated heterocycles. The molecule has 0 aromatic heterocycles. The van der Waals surface area contributed by atoms with Gasteiger partial charge in [0.15, 0.2) is 5.78 Å². The van der Waals surface area contributed by atoms with Crippen LogP contribution in [0.3, 0.4) is 0 Å². The number of benzene rings is 2. The fourth-order valence-corrected chi connectivity index (χ4v) is 2.27. The zero-order chi connectivity index (χ0) is 17.4. The maximum atomic E-state index is 12.0. The maximum Gasteiger partial charge on any atom is 0.243 e. The van der Waals surface area contributed by atoms with Gasteiger partial charge in [0.05, 0.1) is 6.54 Å². The van der Waals surface area contributed by atoms with E-state index in [9.17, 15) is 14.4 Å². The molecule has 124 valence electrons. The lowest BCUT2D eigenvalue weighted by Crippen LogP contribution is -2.33. The Bertz CT molecular complexity index is 715. The van der Waals surface area contributed by atoms with Crippen LogP contribution < -0.4 is 10.6 Å². The predicted molar refractivity (Wildman–Crippen MR) is 95.8 cm³/mol. The van der Waals surface area contributed by atoms with Crippen LogP contribution in [0.5, 0.6) is 0 Å². The number of carbonyl (C=O) groups excluding carboxylic acids is 3. The van der Waals surface area contributed by atoms with E-state index >= 15 is 0 Å². The highest BCUT2D eigenvalue weighted by molar-refractivity contribution is 9.10. The SMILES string of the molecule is O=C(CCC(=O)c1ccc(Br)cc1)NCC(=O)Nc1ccccc1. The molecule has 24 heavy (non-hydrogen) atoms. The Balaban J connectivity index is 1.70. The van der Waals surface area contributed by atoms with E-state index in [1.165, 1.54) is 0 Å². The number of amides is 2. The normalized spacial score (nSPS) is 10.0. The van der Waals surface area contributed by atoms with Crippen molar-refractivity contribution in [2.24, 2.45) is 0 Å². The Morgan fingerprint density at radius 2 is 1.50 bits per heavy atom. The molecule has 2 aromatic carbocycles. The van der Waals surface area contributed by atoms with Crippen LogP contribution in [-0.2, 0) is 9.59 Å². The summed E-state index contributed by atoms with van der Waals surface area (Å²) in [5.74, 6) is -0.746. The third kappa shape index (κ3) is 5.96. The molecule has 0 aliphatic heterocycles. The lowest BCUT2D eigenvalue weighted by Gasteiger charge is -2.07. The van der Waals surface area contributed by atoms with Crippen LogP contribution in [0.2, 0.25) is 0 Å². The van der Waals surface area contributed by atoms with Gasteiger partial charge in [-0.15, -0.1) is 0 Å². The summed E-state index contributed by atoms with van der Waals surface area (Å²) >= 11 is 3.30. The first-order valence-electron chi connectivity index (χ1n) is 7.45. The summed E-state index contributed by atoms with van der Waals surface area (Å²) in [5.41, 5.74) is 1.23. The summed E-state index contributed by atoms with van der Waals surface area (Å²) in [7, 11) is 0. The van der Waals surface area contributed by atoms with E-state index in [0.717, 1.165) is 4.47 Å². The van der Waals surface area contributed by atoms with E-state index in [-0.39, 0.29) is 37.0 Å². The van der Waals surface area contributed by atoms with Crippen molar-refractivity contribution >= 4 is 39.2 Å². The van der Waals surface area contributed by atoms with Gasteiger partial charge in [-0.25, -0.2) is 0 Å². The van der Waals surface area contributed by atoms with E-state index in [4.69, 9.17) is 0 Å². The number of hydrogen-bond acceptors (Lipinski definition) is 3. The van der Waals surface area contributed by atoms with E-state index in [1.807, 2.05) is 18.2 Å². The largest absolute Gasteiger partial charge is 0.347 e. The van der Waals surface area contributed by atoms with Gasteiger partial charge in [0.1, 0.15) is 0 Å². The summed E-state index contributed by atoms with van der Waals surface area (Å²) in [6, 6.07) is 16.0. The average Bonchev–Trinajstić information content (AvgIpc) is 2.59. The summed E-state index contributed by atoms with van der Waals surface area (Å²) < 4.78 is 0.890. The van der Waals surface area contributed by atoms with Crippen molar-refractivity contribution in [1.82, 2.24) is 5.32 Å². The lowest BCUT2D eigenvalue weighted by atomic mass is 10.1. The molecule has 2 rings (SSSR count). The molecule has 0 aliphatic rings. The van der Waals surface area contributed by atoms with E-state index < -0.39 is 0 Å². The Kier molecular flexibility index (Phi) is 6.69. The molecule has 0 bridgehead atoms. The molecule has 0 saturated carbocycles. The molecule has 0 heterocycles. The van der Waals surface area contributed by atoms with Crippen LogP contribution >= 0.6 is 15.9 Å². The van der Waals surface area contributed by atoms with E-state index in [1.54, 1.807) is 36.4 Å². The van der Waals surface area contributed by atoms with Crippen LogP contribution in [0.4, 0.5) is 5.69 Å². The van der Waals surface area contributed by atoms with Crippen LogP contribution in [0.1, 0.15) is 23.2 Å². The summed E-state index contributed by atoms with van der Waals surface area (Å²) in [4.78, 5) is 35.4. The highest BCUT2D eigenvalue weighted by Crippen LogP contribution is 2.12. The van der Waals surface area contributed by atoms with Crippen molar-refractivity contribution in [3.8, 4) is 0 Å². The van der Waals surface area contributed by atoms with Crippen molar-refractivity contribution in [2.75, 3.05) is 11.9 Å². The highest BCUT2D eigenvalue weighted by atomic mass is 79.9. The minimum Gasteiger partial charge on any atom is -0.347 e. The monoisotopic (exact) mass is 388 g/mol. The number of ketones is 1. The number of para-hydroxylation sites is 1. The van der Waals surface area contributed by atoms with Gasteiger partial charge in [-0.1, -0.05) is 46.3 Å². The number of Topliss-reactive ketones (excluding diaryl/α,β-unsaturated/α-hetero) is 1. The van der Waals surface area contributed by atoms with Crippen LogP contribution in [0.15, 0.2) is 59.1 Å². The van der Waals surface area contributed by atoms with Crippen molar-refractivity contribution in [1.29, 1.82) is 0 Å². The second kappa shape index (κ2) is 8.98. The standard InChI is InChI=1S/C18H17BrN2O3/c19-14-8-6-13(7-9-14)16(22)10-11-17(23)20-12-18(24)21-15-4-2-1-3-5-15/h1-9H,10-12H2,(H,20,23)(H,21,24). The van der Waals surface area contributed by atoms with Gasteiger partial charge in [0.25, 0.3) is 0 Å². The summed E-state index contributed by atoms with van der Waals surface area (Å²) in [6.45, 7) is -0.125. The van der Waals surface area contributed by atoms with Crippen molar-refractivity contribution in [3.05, 3.63) is 64.6 Å². The average molecular weight is 389 g/mol. The van der Waals surface area contributed by atoms with Crippen LogP contribution in [-0.4, -0.2) is 24.1 Å². The molecular weight excluding hydrogens is 372 g/mol. The van der Waals surface area contributed by atoms with E-state index in [2.05, 4.69) is 26.6 Å². The molecule has 0 spiro atoms. The predicted octanol–water partition coefficient (Wildman–Crippen LogP) is 3.17. The Labute approximate surface area is 148 Å². The van der Waals surface area contributed by atoms with Gasteiger partial charge in [0, 0.05) is 28.6 Å². The molecule has 6 heteroatoms. The Hall–Kier alpha value is -2.47. The van der Waals surface area contributed by atoms with Gasteiger partial charge in [-0.2, -0.15) is 0 Å². The fourth-order valence-electron chi connectivity index (χ4n) is 2.00. The van der Waals surface area contributed by atoms with Gasteiger partial charge < -0.3 is 10.6 Å². The molecule has 0 radical (unpaired) electrons. The molecule has 0 fully saturated rings. The third-order valence-corrected chi connectivity index (χ3v) is 3.78. The molecule has 0 unspecified atom stereocenters. The molecule has 2 amide bonds. The first-order valence-corrected chi connectivity index (χ1v) is 8.24. The lowest BCUT2D eigenvalue weighted by molar-refractivity contribution is -0.124. The number of anilines is 1. The minimum atomic E-state index is -0.330. The number of nitrogens with one attached hydrogen (secondary N) is 2. The zero-order valence-corrected chi connectivity index (χ0v) is 14.5. The number of carbonyl (C=O) groups is 3. The van der Waals surface area contributed by atoms with E-state index in [0.29, 0.717) is 11.3 Å².